The first-order valence-electron chi connectivity index (χ1n) is 4.96. The highest BCUT2D eigenvalue weighted by Crippen LogP contribution is 2.21. The molecule has 1 heterocycles. The first-order chi connectivity index (χ1) is 7.42. The summed E-state index contributed by atoms with van der Waals surface area (Å²) >= 11 is 0. The Hall–Kier alpha value is -0.850. The van der Waals surface area contributed by atoms with Gasteiger partial charge in [0.15, 0.2) is 0 Å². The zero-order chi connectivity index (χ0) is 12.2. The molecule has 0 aromatic heterocycles. The van der Waals surface area contributed by atoms with Gasteiger partial charge in [0.2, 0.25) is 5.91 Å². The smallest absolute Gasteiger partial charge is 0.324 e. The molecule has 0 saturated carbocycles. The van der Waals surface area contributed by atoms with Crippen LogP contribution in [0.15, 0.2) is 0 Å². The summed E-state index contributed by atoms with van der Waals surface area (Å²) < 4.78 is 53.4. The van der Waals surface area contributed by atoms with Crippen molar-refractivity contribution < 1.29 is 27.1 Å². The third-order valence-corrected chi connectivity index (χ3v) is 2.28. The Morgan fingerprint density at radius 3 is 2.69 bits per heavy atom. The number of amides is 1. The molecule has 1 aliphatic rings. The van der Waals surface area contributed by atoms with Gasteiger partial charge in [0.1, 0.15) is 0 Å². The summed E-state index contributed by atoms with van der Waals surface area (Å²) in [7, 11) is 0. The van der Waals surface area contributed by atoms with E-state index < -0.39 is 24.8 Å². The number of carbonyl (C=O) groups is 1. The van der Waals surface area contributed by atoms with Crippen molar-refractivity contribution in [3.05, 3.63) is 0 Å². The highest BCUT2D eigenvalue weighted by Gasteiger charge is 2.40. The molecule has 94 valence electrons. The van der Waals surface area contributed by atoms with Gasteiger partial charge in [-0.3, -0.25) is 4.79 Å². The number of hydrogen-bond donors (Lipinski definition) is 1. The molecule has 1 fully saturated rings. The fourth-order valence-electron chi connectivity index (χ4n) is 1.38. The topological polar surface area (TPSA) is 38.3 Å². The average Bonchev–Trinajstić information content (AvgIpc) is 2.67. The van der Waals surface area contributed by atoms with Gasteiger partial charge >= 0.3 is 12.3 Å². The van der Waals surface area contributed by atoms with E-state index in [1.54, 1.807) is 5.32 Å². The van der Waals surface area contributed by atoms with Crippen molar-refractivity contribution in [3.8, 4) is 0 Å². The minimum atomic E-state index is -4.17. The fraction of sp³-hybridized carbons (Fsp3) is 0.889. The number of halogens is 4. The van der Waals surface area contributed by atoms with Gasteiger partial charge in [-0.25, -0.2) is 8.78 Å². The summed E-state index contributed by atoms with van der Waals surface area (Å²) in [4.78, 5) is 11.1. The number of rotatable bonds is 5. The zero-order valence-electron chi connectivity index (χ0n) is 8.52. The van der Waals surface area contributed by atoms with Crippen LogP contribution in [-0.4, -0.2) is 37.5 Å². The molecule has 1 rings (SSSR count). The van der Waals surface area contributed by atoms with Gasteiger partial charge in [-0.1, -0.05) is 0 Å². The first kappa shape index (κ1) is 13.2. The molecule has 1 amide bonds. The van der Waals surface area contributed by atoms with Crippen molar-refractivity contribution in [1.82, 2.24) is 5.32 Å². The van der Waals surface area contributed by atoms with Crippen LogP contribution in [0.5, 0.6) is 0 Å². The maximum atomic E-state index is 12.4. The van der Waals surface area contributed by atoms with Crippen LogP contribution in [0.2, 0.25) is 0 Å². The number of hydrogen-bond acceptors (Lipinski definition) is 2. The van der Waals surface area contributed by atoms with Crippen molar-refractivity contribution in [2.24, 2.45) is 0 Å². The summed E-state index contributed by atoms with van der Waals surface area (Å²) in [5, 5.41) is 1.78. The van der Waals surface area contributed by atoms with Crippen LogP contribution in [0.4, 0.5) is 17.6 Å². The minimum Gasteiger partial charge on any atom is -0.378 e. The first-order valence-corrected chi connectivity index (χ1v) is 4.96. The number of alkyl halides is 4. The van der Waals surface area contributed by atoms with Crippen LogP contribution < -0.4 is 5.32 Å². The summed E-state index contributed by atoms with van der Waals surface area (Å²) in [6.45, 7) is -0.790. The molecule has 1 saturated heterocycles. The predicted molar refractivity (Wildman–Crippen MR) is 47.6 cm³/mol. The Morgan fingerprint density at radius 2 is 2.19 bits per heavy atom. The van der Waals surface area contributed by atoms with Crippen LogP contribution in [0, 0.1) is 0 Å². The van der Waals surface area contributed by atoms with E-state index >= 15 is 0 Å². The molecule has 0 spiro atoms. The molecule has 16 heavy (non-hydrogen) atoms. The summed E-state index contributed by atoms with van der Waals surface area (Å²) in [6.07, 6.45) is -2.58. The molecule has 1 aliphatic heterocycles. The van der Waals surface area contributed by atoms with E-state index in [0.717, 1.165) is 6.42 Å². The van der Waals surface area contributed by atoms with Crippen LogP contribution in [-0.2, 0) is 9.53 Å². The predicted octanol–water partition coefficient (Wildman–Crippen LogP) is 1.57. The molecule has 3 nitrogen and oxygen atoms in total. The Morgan fingerprint density at radius 1 is 1.50 bits per heavy atom. The van der Waals surface area contributed by atoms with E-state index in [0.29, 0.717) is 13.0 Å². The molecule has 0 unspecified atom stereocenters. The Kier molecular flexibility index (Phi) is 4.52. The maximum absolute atomic E-state index is 12.4. The Balaban J connectivity index is 2.24. The molecule has 0 bridgehead atoms. The van der Waals surface area contributed by atoms with Gasteiger partial charge in [0.05, 0.1) is 19.1 Å². The van der Waals surface area contributed by atoms with E-state index in [9.17, 15) is 22.4 Å². The Labute approximate surface area is 90.1 Å². The number of ether oxygens (including phenoxy) is 1. The van der Waals surface area contributed by atoms with Crippen LogP contribution >= 0.6 is 0 Å². The SMILES string of the molecule is O=C(C[C@@H]1CCCO1)NCC(F)(F)C(F)F. The zero-order valence-corrected chi connectivity index (χ0v) is 8.52. The van der Waals surface area contributed by atoms with Crippen molar-refractivity contribution in [2.45, 2.75) is 37.7 Å². The molecule has 0 aliphatic carbocycles. The van der Waals surface area contributed by atoms with E-state index in [2.05, 4.69) is 0 Å². The number of nitrogens with one attached hydrogen (secondary N) is 1. The molecule has 1 N–H and O–H groups in total. The van der Waals surface area contributed by atoms with Crippen LogP contribution in [0.25, 0.3) is 0 Å². The van der Waals surface area contributed by atoms with Crippen molar-refractivity contribution in [3.63, 3.8) is 0 Å². The van der Waals surface area contributed by atoms with Gasteiger partial charge in [-0.2, -0.15) is 8.78 Å². The second-order valence-electron chi connectivity index (χ2n) is 3.68. The lowest BCUT2D eigenvalue weighted by Crippen LogP contribution is -2.42. The second-order valence-corrected chi connectivity index (χ2v) is 3.68. The maximum Gasteiger partial charge on any atom is 0.324 e. The average molecular weight is 243 g/mol. The third-order valence-electron chi connectivity index (χ3n) is 2.28. The van der Waals surface area contributed by atoms with Crippen molar-refractivity contribution >= 4 is 5.91 Å². The quantitative estimate of drug-likeness (QED) is 0.744. The lowest BCUT2D eigenvalue weighted by atomic mass is 10.2. The lowest BCUT2D eigenvalue weighted by Gasteiger charge is -2.16. The van der Waals surface area contributed by atoms with Gasteiger partial charge in [-0.05, 0) is 12.8 Å². The largest absolute Gasteiger partial charge is 0.378 e. The number of carbonyl (C=O) groups excluding carboxylic acids is 1. The van der Waals surface area contributed by atoms with Crippen molar-refractivity contribution in [2.75, 3.05) is 13.2 Å². The summed E-state index contributed by atoms with van der Waals surface area (Å²) in [6, 6.07) is 0. The fourth-order valence-corrected chi connectivity index (χ4v) is 1.38. The van der Waals surface area contributed by atoms with Gasteiger partial charge in [0, 0.05) is 6.61 Å². The molecule has 7 heteroatoms. The van der Waals surface area contributed by atoms with E-state index in [1.807, 2.05) is 0 Å². The molecule has 0 aromatic rings. The van der Waals surface area contributed by atoms with Crippen LogP contribution in [0.3, 0.4) is 0 Å². The molecule has 0 radical (unpaired) electrons. The highest BCUT2D eigenvalue weighted by atomic mass is 19.3. The lowest BCUT2D eigenvalue weighted by molar-refractivity contribution is -0.137. The monoisotopic (exact) mass is 243 g/mol. The summed E-state index contributed by atoms with van der Waals surface area (Å²) in [5.74, 6) is -4.86. The highest BCUT2D eigenvalue weighted by molar-refractivity contribution is 5.76. The standard InChI is InChI=1S/C9H13F4NO2/c10-8(11)9(12,13)5-14-7(15)4-6-2-1-3-16-6/h6,8H,1-5H2,(H,14,15)/t6-/m0/s1. The Bertz CT molecular complexity index is 242. The van der Waals surface area contributed by atoms with Crippen molar-refractivity contribution in [1.29, 1.82) is 0 Å². The molecule has 0 aromatic carbocycles. The van der Waals surface area contributed by atoms with Gasteiger partial charge < -0.3 is 10.1 Å². The normalized spacial score (nSPS) is 21.4. The van der Waals surface area contributed by atoms with E-state index in [-0.39, 0.29) is 12.5 Å². The summed E-state index contributed by atoms with van der Waals surface area (Å²) in [5.41, 5.74) is 0. The van der Waals surface area contributed by atoms with E-state index in [4.69, 9.17) is 4.74 Å². The van der Waals surface area contributed by atoms with Gasteiger partial charge in [0.25, 0.3) is 0 Å². The molecule has 1 atom stereocenters. The minimum absolute atomic E-state index is 0.0562. The third kappa shape index (κ3) is 3.96. The molecular weight excluding hydrogens is 230 g/mol. The van der Waals surface area contributed by atoms with Crippen LogP contribution in [0.1, 0.15) is 19.3 Å². The van der Waals surface area contributed by atoms with E-state index in [1.165, 1.54) is 0 Å². The molecular formula is C9H13F4NO2. The second kappa shape index (κ2) is 5.47. The van der Waals surface area contributed by atoms with Gasteiger partial charge in [-0.15, -0.1) is 0 Å².